The van der Waals surface area contributed by atoms with E-state index in [0.29, 0.717) is 35.9 Å². The fourth-order valence-corrected chi connectivity index (χ4v) is 4.78. The van der Waals surface area contributed by atoms with Gasteiger partial charge in [0.25, 0.3) is 11.8 Å². The lowest BCUT2D eigenvalue weighted by Crippen LogP contribution is -2.51. The molecule has 0 spiro atoms. The Morgan fingerprint density at radius 3 is 2.67 bits per heavy atom. The summed E-state index contributed by atoms with van der Waals surface area (Å²) >= 11 is 0. The van der Waals surface area contributed by atoms with E-state index in [9.17, 15) is 19.2 Å². The Hall–Kier alpha value is -4.52. The van der Waals surface area contributed by atoms with Crippen molar-refractivity contribution in [1.29, 1.82) is 0 Å². The highest BCUT2D eigenvalue weighted by molar-refractivity contribution is 6.00. The lowest BCUT2D eigenvalue weighted by atomic mass is 10.0. The molecule has 3 aromatic heterocycles. The Morgan fingerprint density at radius 1 is 1.15 bits per heavy atom. The van der Waals surface area contributed by atoms with Gasteiger partial charge in [0.05, 0.1) is 11.7 Å². The van der Waals surface area contributed by atoms with Crippen molar-refractivity contribution < 1.29 is 18.8 Å². The van der Waals surface area contributed by atoms with Crippen LogP contribution in [0.2, 0.25) is 0 Å². The maximum atomic E-state index is 13.2. The standard InChI is InChI=1S/C26H30N8O5/c1-15(25(37)33-10-7-17(8-11-33)32(2)3)29-24(36)20-13-19(30-22-6-9-28-34(20)22)23(35)27-14-16-4-5-21-18(12-16)31-26(38)39-21/h4-6,9,12-13,15,17H,7-8,10-11,14H2,1-3H3,(H,27,35)(H,29,36)(H,31,38)/t15-/m0/s1. The van der Waals surface area contributed by atoms with E-state index >= 15 is 0 Å². The number of likely N-dealkylation sites (tertiary alicyclic amines) is 1. The summed E-state index contributed by atoms with van der Waals surface area (Å²) in [5, 5.41) is 9.68. The average molecular weight is 535 g/mol. The molecule has 3 N–H and O–H groups in total. The number of aromatic nitrogens is 4. The first-order chi connectivity index (χ1) is 18.7. The highest BCUT2D eigenvalue weighted by atomic mass is 16.4. The number of rotatable bonds is 7. The maximum Gasteiger partial charge on any atom is 0.417 e. The Labute approximate surface area is 223 Å². The number of aromatic amines is 1. The van der Waals surface area contributed by atoms with Crippen molar-refractivity contribution in [2.24, 2.45) is 0 Å². The van der Waals surface area contributed by atoms with Crippen molar-refractivity contribution in [2.75, 3.05) is 27.2 Å². The molecular weight excluding hydrogens is 504 g/mol. The Bertz CT molecular complexity index is 1590. The van der Waals surface area contributed by atoms with Gasteiger partial charge in [-0.05, 0) is 51.6 Å². The van der Waals surface area contributed by atoms with Crippen molar-refractivity contribution in [1.82, 2.24) is 40.0 Å². The van der Waals surface area contributed by atoms with Crippen molar-refractivity contribution >= 4 is 34.5 Å². The molecule has 3 amide bonds. The molecule has 0 saturated carbocycles. The molecule has 5 rings (SSSR count). The molecule has 1 fully saturated rings. The molecule has 13 heteroatoms. The van der Waals surface area contributed by atoms with Crippen molar-refractivity contribution in [2.45, 2.75) is 38.4 Å². The van der Waals surface area contributed by atoms with Gasteiger partial charge in [0.2, 0.25) is 5.91 Å². The molecule has 1 aromatic carbocycles. The molecule has 1 aliphatic rings. The van der Waals surface area contributed by atoms with Gasteiger partial charge >= 0.3 is 5.76 Å². The first kappa shape index (κ1) is 26.1. The highest BCUT2D eigenvalue weighted by Crippen LogP contribution is 2.16. The SMILES string of the molecule is C[C@H](NC(=O)c1cc(C(=O)NCc2ccc3oc(=O)[nH]c3c2)nc2ccnn12)C(=O)N1CCC(N(C)C)CC1. The molecule has 13 nitrogen and oxygen atoms in total. The first-order valence-electron chi connectivity index (χ1n) is 12.7. The molecule has 1 aliphatic heterocycles. The van der Waals surface area contributed by atoms with Crippen LogP contribution in [0.1, 0.15) is 46.3 Å². The third-order valence-electron chi connectivity index (χ3n) is 6.99. The van der Waals surface area contributed by atoms with Gasteiger partial charge in [0.1, 0.15) is 17.4 Å². The molecule has 0 aliphatic carbocycles. The summed E-state index contributed by atoms with van der Waals surface area (Å²) in [5.74, 6) is -1.75. The topological polar surface area (TPSA) is 158 Å². The number of oxazole rings is 1. The van der Waals surface area contributed by atoms with Crippen molar-refractivity contribution in [3.63, 3.8) is 0 Å². The zero-order valence-electron chi connectivity index (χ0n) is 21.9. The number of piperidine rings is 1. The Kier molecular flexibility index (Phi) is 7.15. The van der Waals surface area contributed by atoms with E-state index in [1.54, 1.807) is 36.1 Å². The number of benzene rings is 1. The number of carbonyl (C=O) groups is 3. The Morgan fingerprint density at radius 2 is 1.92 bits per heavy atom. The summed E-state index contributed by atoms with van der Waals surface area (Å²) in [7, 11) is 4.07. The van der Waals surface area contributed by atoms with Crippen molar-refractivity contribution in [3.05, 3.63) is 64.0 Å². The second-order valence-electron chi connectivity index (χ2n) is 9.87. The zero-order valence-corrected chi connectivity index (χ0v) is 21.9. The van der Waals surface area contributed by atoms with Gasteiger partial charge in [-0.2, -0.15) is 5.10 Å². The fourth-order valence-electron chi connectivity index (χ4n) is 4.78. The maximum absolute atomic E-state index is 13.2. The molecular formula is C26H30N8O5. The first-order valence-corrected chi connectivity index (χ1v) is 12.7. The number of fused-ring (bicyclic) bond motifs is 2. The van der Waals surface area contributed by atoms with Crippen LogP contribution in [0.25, 0.3) is 16.7 Å². The molecule has 204 valence electrons. The smallest absolute Gasteiger partial charge is 0.408 e. The summed E-state index contributed by atoms with van der Waals surface area (Å²) < 4.78 is 6.32. The monoisotopic (exact) mass is 534 g/mol. The van der Waals surface area contributed by atoms with Gasteiger partial charge in [-0.15, -0.1) is 0 Å². The van der Waals surface area contributed by atoms with Crippen LogP contribution in [0.4, 0.5) is 0 Å². The van der Waals surface area contributed by atoms with Crippen LogP contribution in [-0.4, -0.2) is 86.4 Å². The summed E-state index contributed by atoms with van der Waals surface area (Å²) in [6, 6.07) is 7.68. The van der Waals surface area contributed by atoms with E-state index in [1.165, 1.54) is 16.8 Å². The quantitative estimate of drug-likeness (QED) is 0.314. The predicted octanol–water partition coefficient (Wildman–Crippen LogP) is 0.765. The summed E-state index contributed by atoms with van der Waals surface area (Å²) in [5.41, 5.74) is 2.10. The minimum absolute atomic E-state index is 0.0238. The number of hydrogen-bond acceptors (Lipinski definition) is 8. The highest BCUT2D eigenvalue weighted by Gasteiger charge is 2.28. The van der Waals surface area contributed by atoms with Gasteiger partial charge in [0.15, 0.2) is 11.2 Å². The third-order valence-corrected chi connectivity index (χ3v) is 6.99. The van der Waals surface area contributed by atoms with Crippen LogP contribution >= 0.6 is 0 Å². The minimum atomic E-state index is -0.756. The second-order valence-corrected chi connectivity index (χ2v) is 9.87. The van der Waals surface area contributed by atoms with E-state index < -0.39 is 23.6 Å². The molecule has 4 aromatic rings. The lowest BCUT2D eigenvalue weighted by Gasteiger charge is -2.36. The van der Waals surface area contributed by atoms with Crippen molar-refractivity contribution in [3.8, 4) is 0 Å². The van der Waals surface area contributed by atoms with Crippen LogP contribution in [0.5, 0.6) is 0 Å². The molecule has 1 saturated heterocycles. The summed E-state index contributed by atoms with van der Waals surface area (Å²) in [6.07, 6.45) is 3.24. The molecule has 0 radical (unpaired) electrons. The number of hydrogen-bond donors (Lipinski definition) is 3. The molecule has 4 heterocycles. The van der Waals surface area contributed by atoms with Crippen LogP contribution in [0.15, 0.2) is 45.7 Å². The Balaban J connectivity index is 1.27. The molecule has 1 atom stereocenters. The van der Waals surface area contributed by atoms with Gasteiger partial charge in [-0.25, -0.2) is 14.3 Å². The van der Waals surface area contributed by atoms with Gasteiger partial charge < -0.3 is 24.9 Å². The minimum Gasteiger partial charge on any atom is -0.408 e. The zero-order chi connectivity index (χ0) is 27.7. The third kappa shape index (κ3) is 5.53. The number of H-pyrrole nitrogens is 1. The number of nitrogens with one attached hydrogen (secondary N) is 3. The summed E-state index contributed by atoms with van der Waals surface area (Å²) in [6.45, 7) is 3.08. The van der Waals surface area contributed by atoms with Crippen LogP contribution in [0, 0.1) is 0 Å². The van der Waals surface area contributed by atoms with Gasteiger partial charge in [-0.3, -0.25) is 19.4 Å². The average Bonchev–Trinajstić information content (AvgIpc) is 3.55. The van der Waals surface area contributed by atoms with E-state index in [0.717, 1.165) is 18.4 Å². The van der Waals surface area contributed by atoms with E-state index in [2.05, 4.69) is 30.6 Å². The van der Waals surface area contributed by atoms with E-state index in [1.807, 2.05) is 14.1 Å². The predicted molar refractivity (Wildman–Crippen MR) is 141 cm³/mol. The molecule has 0 bridgehead atoms. The van der Waals surface area contributed by atoms with Gasteiger partial charge in [0, 0.05) is 37.8 Å². The van der Waals surface area contributed by atoms with E-state index in [4.69, 9.17) is 4.42 Å². The lowest BCUT2D eigenvalue weighted by molar-refractivity contribution is -0.134. The van der Waals surface area contributed by atoms with Gasteiger partial charge in [-0.1, -0.05) is 6.07 Å². The van der Waals surface area contributed by atoms with Crippen LogP contribution in [-0.2, 0) is 11.3 Å². The van der Waals surface area contributed by atoms with Crippen LogP contribution in [0.3, 0.4) is 0 Å². The largest absolute Gasteiger partial charge is 0.417 e. The second kappa shape index (κ2) is 10.7. The number of nitrogens with zero attached hydrogens (tertiary/aromatic N) is 5. The fraction of sp³-hybridized carbons (Fsp3) is 0.385. The number of carbonyl (C=O) groups excluding carboxylic acids is 3. The summed E-state index contributed by atoms with van der Waals surface area (Å²) in [4.78, 5) is 61.4. The molecule has 0 unspecified atom stereocenters. The number of amides is 3. The van der Waals surface area contributed by atoms with Crippen LogP contribution < -0.4 is 16.4 Å². The molecule has 39 heavy (non-hydrogen) atoms. The normalized spacial score (nSPS) is 15.1. The van der Waals surface area contributed by atoms with E-state index in [-0.39, 0.29) is 23.8 Å².